The molecule has 2 heterocycles. The Labute approximate surface area is 163 Å². The first-order chi connectivity index (χ1) is 13.9. The molecule has 0 fully saturated rings. The van der Waals surface area contributed by atoms with Crippen LogP contribution in [0.15, 0.2) is 78.9 Å². The fourth-order valence-electron chi connectivity index (χ4n) is 4.49. The summed E-state index contributed by atoms with van der Waals surface area (Å²) in [7, 11) is 0. The van der Waals surface area contributed by atoms with Crippen LogP contribution >= 0.6 is 0 Å². The Bertz CT molecular complexity index is 1380. The minimum Gasteiger partial charge on any atom is -0.252 e. The van der Waals surface area contributed by atoms with Crippen LogP contribution < -0.4 is 10.6 Å². The van der Waals surface area contributed by atoms with E-state index in [1.54, 1.807) is 0 Å². The highest BCUT2D eigenvalue weighted by Crippen LogP contribution is 2.37. The lowest BCUT2D eigenvalue weighted by molar-refractivity contribution is 0.976. The second kappa shape index (κ2) is 6.00. The lowest BCUT2D eigenvalue weighted by Crippen LogP contribution is -2.20. The molecule has 132 valence electrons. The normalized spacial score (nSPS) is 17.1. The van der Waals surface area contributed by atoms with Crippen molar-refractivity contribution in [1.82, 2.24) is 9.97 Å². The molecule has 2 aromatic carbocycles. The molecule has 0 saturated heterocycles. The molecule has 1 unspecified atom stereocenters. The van der Waals surface area contributed by atoms with E-state index in [-0.39, 0.29) is 5.92 Å². The van der Waals surface area contributed by atoms with Gasteiger partial charge in [-0.1, -0.05) is 78.9 Å². The van der Waals surface area contributed by atoms with Crippen LogP contribution in [-0.4, -0.2) is 9.97 Å². The second-order valence-electron chi connectivity index (χ2n) is 7.36. The zero-order valence-corrected chi connectivity index (χ0v) is 15.3. The largest absolute Gasteiger partial charge is 0.252 e. The summed E-state index contributed by atoms with van der Waals surface area (Å²) in [6, 6.07) is 19.2. The molecule has 2 heteroatoms. The van der Waals surface area contributed by atoms with Crippen LogP contribution in [0.2, 0.25) is 0 Å². The van der Waals surface area contributed by atoms with Crippen molar-refractivity contribution in [2.45, 2.75) is 12.3 Å². The lowest BCUT2D eigenvalue weighted by atomic mass is 9.85. The van der Waals surface area contributed by atoms with Crippen molar-refractivity contribution in [2.75, 3.05) is 0 Å². The van der Waals surface area contributed by atoms with E-state index in [0.717, 1.165) is 33.9 Å². The van der Waals surface area contributed by atoms with Crippen molar-refractivity contribution in [3.63, 3.8) is 0 Å². The predicted molar refractivity (Wildman–Crippen MR) is 115 cm³/mol. The van der Waals surface area contributed by atoms with Crippen LogP contribution in [0.4, 0.5) is 0 Å². The molecule has 2 aromatic rings. The van der Waals surface area contributed by atoms with Crippen molar-refractivity contribution in [1.29, 1.82) is 0 Å². The van der Waals surface area contributed by atoms with Crippen molar-refractivity contribution >= 4 is 23.1 Å². The van der Waals surface area contributed by atoms with Gasteiger partial charge in [-0.2, -0.15) is 0 Å². The highest BCUT2D eigenvalue weighted by molar-refractivity contribution is 5.99. The van der Waals surface area contributed by atoms with Crippen LogP contribution in [0.25, 0.3) is 34.3 Å². The Balaban J connectivity index is 1.82. The van der Waals surface area contributed by atoms with Crippen molar-refractivity contribution in [3.05, 3.63) is 106 Å². The van der Waals surface area contributed by atoms with Crippen LogP contribution in [0.3, 0.4) is 0 Å². The smallest absolute Gasteiger partial charge is 0.0810 e. The molecule has 2 nitrogen and oxygen atoms in total. The summed E-state index contributed by atoms with van der Waals surface area (Å²) in [4.78, 5) is 10.2. The number of nitrogens with zero attached hydrogens (tertiary/aromatic N) is 2. The summed E-state index contributed by atoms with van der Waals surface area (Å²) in [5.41, 5.74) is 7.01. The maximum absolute atomic E-state index is 5.12. The van der Waals surface area contributed by atoms with E-state index < -0.39 is 0 Å². The van der Waals surface area contributed by atoms with Crippen LogP contribution in [-0.2, 0) is 6.42 Å². The Kier molecular flexibility index (Phi) is 3.33. The first kappa shape index (κ1) is 15.5. The molecule has 2 aliphatic carbocycles. The topological polar surface area (TPSA) is 25.8 Å². The Morgan fingerprint density at radius 2 is 1.68 bits per heavy atom. The summed E-state index contributed by atoms with van der Waals surface area (Å²) < 4.78 is 0. The minimum absolute atomic E-state index is 0.172. The number of fused-ring (bicyclic) bond motifs is 7. The molecule has 0 saturated carbocycles. The first-order valence-electron chi connectivity index (χ1n) is 9.72. The van der Waals surface area contributed by atoms with E-state index in [1.807, 2.05) is 0 Å². The number of aromatic nitrogens is 2. The third-order valence-electron chi connectivity index (χ3n) is 5.75. The maximum Gasteiger partial charge on any atom is 0.0810 e. The van der Waals surface area contributed by atoms with Gasteiger partial charge in [0.15, 0.2) is 0 Å². The quantitative estimate of drug-likeness (QED) is 0.512. The SMILES string of the molecule is C1=CCc2nc3c(c4c5ccccc5nc-4c2=C1)C(c1ccccc1)C=CC=3. The van der Waals surface area contributed by atoms with Gasteiger partial charge in [0, 0.05) is 28.5 Å². The molecule has 28 heavy (non-hydrogen) atoms. The molecule has 0 spiro atoms. The van der Waals surface area contributed by atoms with Gasteiger partial charge in [0.1, 0.15) is 0 Å². The molecular weight excluding hydrogens is 340 g/mol. The number of benzene rings is 2. The number of hydrogen-bond donors (Lipinski definition) is 0. The predicted octanol–water partition coefficient (Wildman–Crippen LogP) is 4.11. The number of para-hydroxylation sites is 1. The molecule has 0 radical (unpaired) electrons. The van der Waals surface area contributed by atoms with E-state index in [9.17, 15) is 0 Å². The summed E-state index contributed by atoms with van der Waals surface area (Å²) in [6.07, 6.45) is 13.9. The van der Waals surface area contributed by atoms with Gasteiger partial charge in [-0.15, -0.1) is 0 Å². The van der Waals surface area contributed by atoms with Crippen molar-refractivity contribution < 1.29 is 0 Å². The standard InChI is InChI=1S/C26H18N2/c1-2-9-17(10-3-1)18-13-8-16-23-24(18)25-19-11-4-6-14-21(19)28-26(25)20-12-5-7-15-22(20)27-23/h1-14,16,18H,15H2. The molecule has 0 aromatic heterocycles. The maximum atomic E-state index is 5.12. The Hall–Kier alpha value is -3.52. The van der Waals surface area contributed by atoms with Gasteiger partial charge >= 0.3 is 0 Å². The minimum atomic E-state index is 0.172. The number of rotatable bonds is 1. The summed E-state index contributed by atoms with van der Waals surface area (Å²) in [6.45, 7) is 0. The zero-order chi connectivity index (χ0) is 18.5. The fraction of sp³-hybridized carbons (Fsp3) is 0.0769. The molecule has 6 rings (SSSR count). The average Bonchev–Trinajstić information content (AvgIpc) is 3.07. The molecule has 0 N–H and O–H groups in total. The van der Waals surface area contributed by atoms with Crippen LogP contribution in [0, 0.1) is 0 Å². The van der Waals surface area contributed by atoms with Crippen LogP contribution in [0.1, 0.15) is 22.7 Å². The molecule has 1 atom stereocenters. The molecular formula is C26H18N2. The van der Waals surface area contributed by atoms with Gasteiger partial charge in [0.05, 0.1) is 22.3 Å². The van der Waals surface area contributed by atoms with Gasteiger partial charge in [0.25, 0.3) is 0 Å². The molecule has 2 aliphatic heterocycles. The summed E-state index contributed by atoms with van der Waals surface area (Å²) >= 11 is 0. The van der Waals surface area contributed by atoms with Gasteiger partial charge in [-0.25, -0.2) is 4.98 Å². The first-order valence-corrected chi connectivity index (χ1v) is 9.72. The van der Waals surface area contributed by atoms with E-state index >= 15 is 0 Å². The Morgan fingerprint density at radius 1 is 0.821 bits per heavy atom. The van der Waals surface area contributed by atoms with Gasteiger partial charge < -0.3 is 0 Å². The molecule has 0 bridgehead atoms. The van der Waals surface area contributed by atoms with Gasteiger partial charge in [-0.05, 0) is 23.3 Å². The van der Waals surface area contributed by atoms with E-state index in [4.69, 9.17) is 9.97 Å². The molecule has 0 amide bonds. The van der Waals surface area contributed by atoms with Gasteiger partial charge in [-0.3, -0.25) is 4.98 Å². The zero-order valence-electron chi connectivity index (χ0n) is 15.3. The van der Waals surface area contributed by atoms with E-state index in [0.29, 0.717) is 0 Å². The number of hydrogen-bond acceptors (Lipinski definition) is 2. The average molecular weight is 358 g/mol. The lowest BCUT2D eigenvalue weighted by Gasteiger charge is -2.18. The number of allylic oxidation sites excluding steroid dienone is 4. The van der Waals surface area contributed by atoms with Crippen LogP contribution in [0.5, 0.6) is 0 Å². The van der Waals surface area contributed by atoms with E-state index in [2.05, 4.69) is 91.1 Å². The Morgan fingerprint density at radius 3 is 2.61 bits per heavy atom. The highest BCUT2D eigenvalue weighted by atomic mass is 14.8. The third-order valence-corrected chi connectivity index (χ3v) is 5.75. The van der Waals surface area contributed by atoms with Crippen molar-refractivity contribution in [3.8, 4) is 11.3 Å². The van der Waals surface area contributed by atoms with Gasteiger partial charge in [0.2, 0.25) is 0 Å². The summed E-state index contributed by atoms with van der Waals surface area (Å²) in [5.74, 6) is 0.172. The van der Waals surface area contributed by atoms with Crippen molar-refractivity contribution in [2.24, 2.45) is 0 Å². The fourth-order valence-corrected chi connectivity index (χ4v) is 4.49. The summed E-state index contributed by atoms with van der Waals surface area (Å²) in [5, 5.41) is 3.43. The third kappa shape index (κ3) is 2.21. The highest BCUT2D eigenvalue weighted by Gasteiger charge is 2.26. The molecule has 4 aliphatic rings. The van der Waals surface area contributed by atoms with E-state index in [1.165, 1.54) is 22.1 Å². The monoisotopic (exact) mass is 358 g/mol. The second-order valence-corrected chi connectivity index (χ2v) is 7.36.